The van der Waals surface area contributed by atoms with Crippen molar-refractivity contribution in [3.05, 3.63) is 92.5 Å². The molecule has 2 aromatic heterocycles. The molecule has 0 bridgehead atoms. The molecule has 8 heteroatoms. The molecule has 0 amide bonds. The van der Waals surface area contributed by atoms with Crippen molar-refractivity contribution in [2.45, 2.75) is 0 Å². The molecule has 0 aliphatic heterocycles. The molecular formula is C21H13N5O3. The maximum absolute atomic E-state index is 12.2. The average molecular weight is 383 g/mol. The number of rotatable bonds is 3. The number of fused-ring (bicyclic) bond motifs is 3. The van der Waals surface area contributed by atoms with Crippen molar-refractivity contribution in [1.82, 2.24) is 19.8 Å². The van der Waals surface area contributed by atoms with Crippen LogP contribution in [-0.4, -0.2) is 24.7 Å². The van der Waals surface area contributed by atoms with E-state index in [0.717, 1.165) is 27.1 Å². The molecule has 3 aromatic carbocycles. The topological polar surface area (TPSA) is 106 Å². The summed E-state index contributed by atoms with van der Waals surface area (Å²) in [4.78, 5) is 23.1. The maximum atomic E-state index is 12.2. The van der Waals surface area contributed by atoms with E-state index in [2.05, 4.69) is 21.4 Å². The number of nitrogens with zero attached hydrogens (tertiary/aromatic N) is 4. The summed E-state index contributed by atoms with van der Waals surface area (Å²) in [6, 6.07) is 18.0. The van der Waals surface area contributed by atoms with Gasteiger partial charge < -0.3 is 0 Å². The lowest BCUT2D eigenvalue weighted by atomic mass is 9.96. The average Bonchev–Trinajstić information content (AvgIpc) is 3.18. The molecule has 2 heterocycles. The first-order valence-corrected chi connectivity index (χ1v) is 8.82. The minimum absolute atomic E-state index is 0.105. The van der Waals surface area contributed by atoms with Gasteiger partial charge in [-0.25, -0.2) is 4.52 Å². The zero-order valence-electron chi connectivity index (χ0n) is 14.9. The van der Waals surface area contributed by atoms with Crippen LogP contribution in [0.15, 0.2) is 65.7 Å². The van der Waals surface area contributed by atoms with E-state index in [-0.39, 0.29) is 11.2 Å². The largest absolute Gasteiger partial charge is 0.346 e. The summed E-state index contributed by atoms with van der Waals surface area (Å²) in [5.41, 5.74) is -0.160. The summed E-state index contributed by atoms with van der Waals surface area (Å²) in [5.74, 6) is 0. The van der Waals surface area contributed by atoms with Crippen LogP contribution in [0.3, 0.4) is 0 Å². The van der Waals surface area contributed by atoms with Crippen LogP contribution < -0.4 is 5.56 Å². The molecule has 0 fully saturated rings. The standard InChI is InChI=1S/C21H13N5O3/c27-21-19(26(28)29)18(20-23-22-12-25(20)24-21)10-9-17-15-7-3-1-5-13(15)11-14-6-2-4-8-16(14)17/h1-12H,(H,24,27)/b10-9+. The number of benzene rings is 3. The van der Waals surface area contributed by atoms with Crippen LogP contribution in [0, 0.1) is 10.1 Å². The van der Waals surface area contributed by atoms with Crippen molar-refractivity contribution < 1.29 is 4.92 Å². The van der Waals surface area contributed by atoms with Gasteiger partial charge in [0, 0.05) is 0 Å². The van der Waals surface area contributed by atoms with Crippen molar-refractivity contribution in [3.8, 4) is 0 Å². The quantitative estimate of drug-likeness (QED) is 0.290. The van der Waals surface area contributed by atoms with Crippen LogP contribution in [0.1, 0.15) is 11.1 Å². The molecule has 0 unspecified atom stereocenters. The Kier molecular flexibility index (Phi) is 3.70. The Morgan fingerprint density at radius 1 is 0.966 bits per heavy atom. The Bertz CT molecular complexity index is 1460. The van der Waals surface area contributed by atoms with Crippen LogP contribution >= 0.6 is 0 Å². The Morgan fingerprint density at radius 2 is 1.59 bits per heavy atom. The summed E-state index contributed by atoms with van der Waals surface area (Å²) in [5, 5.41) is 25.7. The Balaban J connectivity index is 1.83. The Hall–Kier alpha value is -4.33. The molecule has 0 saturated carbocycles. The molecule has 0 saturated heterocycles. The first-order valence-electron chi connectivity index (χ1n) is 8.82. The van der Waals surface area contributed by atoms with Crippen LogP contribution in [-0.2, 0) is 0 Å². The van der Waals surface area contributed by atoms with Crippen LogP contribution in [0.5, 0.6) is 0 Å². The van der Waals surface area contributed by atoms with E-state index in [1.54, 1.807) is 12.2 Å². The SMILES string of the molecule is O=c1[nH]n2cnnc2c(/C=C/c2c3ccccc3cc3ccccc23)c1[N+](=O)[O-]. The van der Waals surface area contributed by atoms with Crippen molar-refractivity contribution >= 4 is 45.0 Å². The smallest absolute Gasteiger partial charge is 0.260 e. The number of aromatic nitrogens is 4. The second-order valence-electron chi connectivity index (χ2n) is 6.55. The number of nitro groups is 1. The zero-order valence-corrected chi connectivity index (χ0v) is 14.9. The molecule has 0 radical (unpaired) electrons. The molecule has 140 valence electrons. The lowest BCUT2D eigenvalue weighted by molar-refractivity contribution is -0.386. The number of hydrogen-bond donors (Lipinski definition) is 1. The molecule has 8 nitrogen and oxygen atoms in total. The highest BCUT2D eigenvalue weighted by atomic mass is 16.6. The van der Waals surface area contributed by atoms with Gasteiger partial charge in [0.2, 0.25) is 0 Å². The van der Waals surface area contributed by atoms with Gasteiger partial charge in [-0.1, -0.05) is 54.6 Å². The van der Waals surface area contributed by atoms with Gasteiger partial charge in [-0.3, -0.25) is 20.0 Å². The van der Waals surface area contributed by atoms with E-state index in [4.69, 9.17) is 0 Å². The van der Waals surface area contributed by atoms with E-state index >= 15 is 0 Å². The predicted octanol–water partition coefficient (Wildman–Crippen LogP) is 3.80. The molecule has 0 atom stereocenters. The number of aromatic amines is 1. The summed E-state index contributed by atoms with van der Waals surface area (Å²) in [6.45, 7) is 0. The monoisotopic (exact) mass is 383 g/mol. The maximum Gasteiger partial charge on any atom is 0.346 e. The summed E-state index contributed by atoms with van der Waals surface area (Å²) in [7, 11) is 0. The van der Waals surface area contributed by atoms with E-state index in [1.165, 1.54) is 10.8 Å². The second-order valence-corrected chi connectivity index (χ2v) is 6.55. The molecule has 29 heavy (non-hydrogen) atoms. The van der Waals surface area contributed by atoms with E-state index in [9.17, 15) is 14.9 Å². The fraction of sp³-hybridized carbons (Fsp3) is 0. The fourth-order valence-electron chi connectivity index (χ4n) is 3.62. The normalized spacial score (nSPS) is 11.7. The molecule has 1 N–H and O–H groups in total. The van der Waals surface area contributed by atoms with Gasteiger partial charge in [0.05, 0.1) is 4.92 Å². The van der Waals surface area contributed by atoms with Gasteiger partial charge in [-0.05, 0) is 39.3 Å². The molecule has 5 rings (SSSR count). The van der Waals surface area contributed by atoms with Crippen LogP contribution in [0.2, 0.25) is 0 Å². The number of nitrogens with one attached hydrogen (secondary N) is 1. The second kappa shape index (κ2) is 6.38. The molecular weight excluding hydrogens is 370 g/mol. The number of hydrogen-bond acceptors (Lipinski definition) is 5. The first-order chi connectivity index (χ1) is 14.1. The lowest BCUT2D eigenvalue weighted by Gasteiger charge is -2.08. The summed E-state index contributed by atoms with van der Waals surface area (Å²) in [6.07, 6.45) is 4.65. The van der Waals surface area contributed by atoms with Crippen LogP contribution in [0.25, 0.3) is 39.3 Å². The first kappa shape index (κ1) is 16.8. The predicted molar refractivity (Wildman–Crippen MR) is 111 cm³/mol. The van der Waals surface area contributed by atoms with Gasteiger partial charge in [-0.15, -0.1) is 10.2 Å². The highest BCUT2D eigenvalue weighted by Crippen LogP contribution is 2.30. The minimum Gasteiger partial charge on any atom is -0.260 e. The van der Waals surface area contributed by atoms with E-state index in [1.807, 2.05) is 48.5 Å². The highest BCUT2D eigenvalue weighted by molar-refractivity contribution is 6.08. The van der Waals surface area contributed by atoms with Crippen molar-refractivity contribution in [3.63, 3.8) is 0 Å². The molecule has 0 aliphatic carbocycles. The Labute approximate surface area is 162 Å². The van der Waals surface area contributed by atoms with Crippen molar-refractivity contribution in [1.29, 1.82) is 0 Å². The number of H-pyrrole nitrogens is 1. The van der Waals surface area contributed by atoms with E-state index < -0.39 is 16.2 Å². The summed E-state index contributed by atoms with van der Waals surface area (Å²) < 4.78 is 1.27. The van der Waals surface area contributed by atoms with Gasteiger partial charge in [0.25, 0.3) is 0 Å². The van der Waals surface area contributed by atoms with Gasteiger partial charge in [-0.2, -0.15) is 0 Å². The molecule has 5 aromatic rings. The third-order valence-corrected chi connectivity index (χ3v) is 4.89. The minimum atomic E-state index is -0.815. The van der Waals surface area contributed by atoms with Crippen molar-refractivity contribution in [2.24, 2.45) is 0 Å². The third kappa shape index (κ3) is 2.66. The van der Waals surface area contributed by atoms with Gasteiger partial charge in [0.15, 0.2) is 5.65 Å². The zero-order chi connectivity index (χ0) is 20.0. The van der Waals surface area contributed by atoms with Crippen LogP contribution in [0.4, 0.5) is 5.69 Å². The lowest BCUT2D eigenvalue weighted by Crippen LogP contribution is -2.17. The van der Waals surface area contributed by atoms with Gasteiger partial charge >= 0.3 is 11.2 Å². The summed E-state index contributed by atoms with van der Waals surface area (Å²) >= 11 is 0. The molecule has 0 aliphatic rings. The van der Waals surface area contributed by atoms with E-state index in [0.29, 0.717) is 0 Å². The van der Waals surface area contributed by atoms with Gasteiger partial charge in [0.1, 0.15) is 11.9 Å². The Morgan fingerprint density at radius 3 is 2.24 bits per heavy atom. The fourth-order valence-corrected chi connectivity index (χ4v) is 3.62. The third-order valence-electron chi connectivity index (χ3n) is 4.89. The van der Waals surface area contributed by atoms with Crippen molar-refractivity contribution in [2.75, 3.05) is 0 Å². The highest BCUT2D eigenvalue weighted by Gasteiger charge is 2.22. The molecule has 0 spiro atoms.